The van der Waals surface area contributed by atoms with E-state index in [-0.39, 0.29) is 17.9 Å². The summed E-state index contributed by atoms with van der Waals surface area (Å²) < 4.78 is 5.45. The molecule has 3 heterocycles. The van der Waals surface area contributed by atoms with Gasteiger partial charge in [-0.3, -0.25) is 19.4 Å². The van der Waals surface area contributed by atoms with Crippen LogP contribution in [0.15, 0.2) is 24.3 Å². The normalized spacial score (nSPS) is 23.8. The summed E-state index contributed by atoms with van der Waals surface area (Å²) in [5, 5.41) is 3.11. The van der Waals surface area contributed by atoms with Gasteiger partial charge < -0.3 is 15.0 Å². The van der Waals surface area contributed by atoms with Gasteiger partial charge in [-0.1, -0.05) is 51.5 Å². The van der Waals surface area contributed by atoms with Gasteiger partial charge in [0, 0.05) is 45.8 Å². The quantitative estimate of drug-likeness (QED) is 0.584. The predicted molar refractivity (Wildman–Crippen MR) is 138 cm³/mol. The maximum absolute atomic E-state index is 13.4. The molecule has 3 aliphatic heterocycles. The number of amides is 2. The minimum absolute atomic E-state index is 0.0611. The summed E-state index contributed by atoms with van der Waals surface area (Å²) in [7, 11) is 0. The van der Waals surface area contributed by atoms with Gasteiger partial charge in [-0.15, -0.1) is 0 Å². The molecule has 35 heavy (non-hydrogen) atoms. The van der Waals surface area contributed by atoms with Gasteiger partial charge in [-0.25, -0.2) is 0 Å². The molecule has 7 nitrogen and oxygen atoms in total. The maximum atomic E-state index is 13.4. The van der Waals surface area contributed by atoms with Crippen LogP contribution in [0.2, 0.25) is 0 Å². The molecule has 4 rings (SSSR count). The summed E-state index contributed by atoms with van der Waals surface area (Å²) in [6, 6.07) is 8.58. The number of piperazine rings is 1. The Morgan fingerprint density at radius 3 is 2.09 bits per heavy atom. The van der Waals surface area contributed by atoms with Crippen molar-refractivity contribution in [3.8, 4) is 0 Å². The topological polar surface area (TPSA) is 65.1 Å². The van der Waals surface area contributed by atoms with Crippen LogP contribution < -0.4 is 5.32 Å². The molecule has 0 bridgehead atoms. The average Bonchev–Trinajstić information content (AvgIpc) is 2.85. The van der Waals surface area contributed by atoms with E-state index in [0.717, 1.165) is 65.3 Å². The fourth-order valence-electron chi connectivity index (χ4n) is 5.75. The van der Waals surface area contributed by atoms with Gasteiger partial charge in [0.25, 0.3) is 0 Å². The zero-order chi connectivity index (χ0) is 24.8. The second-order valence-corrected chi connectivity index (χ2v) is 11.0. The summed E-state index contributed by atoms with van der Waals surface area (Å²) in [6.07, 6.45) is 4.08. The molecule has 0 radical (unpaired) electrons. The summed E-state index contributed by atoms with van der Waals surface area (Å²) in [5.41, 5.74) is 1.96. The number of nitrogens with zero attached hydrogens (tertiary/aromatic N) is 3. The third-order valence-corrected chi connectivity index (χ3v) is 7.87. The van der Waals surface area contributed by atoms with Crippen LogP contribution in [0.25, 0.3) is 0 Å². The third-order valence-electron chi connectivity index (χ3n) is 7.87. The molecule has 7 heteroatoms. The zero-order valence-electron chi connectivity index (χ0n) is 21.9. The van der Waals surface area contributed by atoms with Crippen LogP contribution in [0.4, 0.5) is 0 Å². The van der Waals surface area contributed by atoms with Crippen LogP contribution in [0, 0.1) is 5.92 Å². The van der Waals surface area contributed by atoms with Gasteiger partial charge >= 0.3 is 0 Å². The zero-order valence-corrected chi connectivity index (χ0v) is 21.9. The molecule has 1 aromatic carbocycles. The van der Waals surface area contributed by atoms with Gasteiger partial charge in [0.2, 0.25) is 11.8 Å². The minimum atomic E-state index is -0.682. The molecule has 0 unspecified atom stereocenters. The number of hydrogen-bond acceptors (Lipinski definition) is 5. The van der Waals surface area contributed by atoms with E-state index in [2.05, 4.69) is 60.2 Å². The lowest BCUT2D eigenvalue weighted by atomic mass is 9.80. The molecule has 194 valence electrons. The number of unbranched alkanes of at least 4 members (excludes halogenated alkanes) is 1. The first-order chi connectivity index (χ1) is 16.9. The fourth-order valence-corrected chi connectivity index (χ4v) is 5.75. The first kappa shape index (κ1) is 26.1. The first-order valence-electron chi connectivity index (χ1n) is 13.6. The molecule has 3 fully saturated rings. The molecule has 0 saturated carbocycles. The first-order valence-corrected chi connectivity index (χ1v) is 13.6. The molecular formula is C28H44N4O3. The van der Waals surface area contributed by atoms with Crippen molar-refractivity contribution in [1.29, 1.82) is 0 Å². The van der Waals surface area contributed by atoms with Gasteiger partial charge in [0.1, 0.15) is 11.6 Å². The highest BCUT2D eigenvalue weighted by atomic mass is 16.5. The van der Waals surface area contributed by atoms with Crippen LogP contribution in [-0.4, -0.2) is 84.0 Å². The number of benzene rings is 1. The van der Waals surface area contributed by atoms with Crippen LogP contribution in [0.1, 0.15) is 64.0 Å². The Bertz CT molecular complexity index is 842. The maximum Gasteiger partial charge on any atom is 0.246 e. The van der Waals surface area contributed by atoms with E-state index in [4.69, 9.17) is 4.74 Å². The molecule has 0 aromatic heterocycles. The highest BCUT2D eigenvalue weighted by molar-refractivity contribution is 6.00. The Kier molecular flexibility index (Phi) is 8.84. The van der Waals surface area contributed by atoms with E-state index in [0.29, 0.717) is 31.7 Å². The second kappa shape index (κ2) is 11.8. The number of nitrogens with one attached hydrogen (secondary N) is 1. The van der Waals surface area contributed by atoms with Crippen LogP contribution >= 0.6 is 0 Å². The molecule has 0 aliphatic carbocycles. The van der Waals surface area contributed by atoms with Crippen LogP contribution in [0.3, 0.4) is 0 Å². The molecule has 1 aromatic rings. The van der Waals surface area contributed by atoms with Crippen molar-refractivity contribution in [2.24, 2.45) is 5.92 Å². The van der Waals surface area contributed by atoms with E-state index < -0.39 is 5.54 Å². The molecule has 3 saturated heterocycles. The van der Waals surface area contributed by atoms with Gasteiger partial charge in [-0.2, -0.15) is 0 Å². The lowest BCUT2D eigenvalue weighted by Crippen LogP contribution is -2.73. The Labute approximate surface area is 211 Å². The Morgan fingerprint density at radius 2 is 1.54 bits per heavy atom. The lowest BCUT2D eigenvalue weighted by molar-refractivity contribution is -0.161. The summed E-state index contributed by atoms with van der Waals surface area (Å²) in [6.45, 7) is 14.2. The lowest BCUT2D eigenvalue weighted by Gasteiger charge is -2.52. The number of likely N-dealkylation sites (tertiary alicyclic amines) is 1. The fraction of sp³-hybridized carbons (Fsp3) is 0.714. The van der Waals surface area contributed by atoms with Crippen LogP contribution in [0.5, 0.6) is 0 Å². The SMILES string of the molecule is CCCCN1C(=O)[C@H](CC(C)C)NC(=O)C12CCN(Cc1ccc(CN3CCOCC3)cc1)CC2. The van der Waals surface area contributed by atoms with Crippen molar-refractivity contribution in [2.45, 2.75) is 77.5 Å². The molecule has 1 spiro atoms. The van der Waals surface area contributed by atoms with Crippen molar-refractivity contribution >= 4 is 11.8 Å². The van der Waals surface area contributed by atoms with Crippen molar-refractivity contribution in [3.63, 3.8) is 0 Å². The largest absolute Gasteiger partial charge is 0.379 e. The Morgan fingerprint density at radius 1 is 0.971 bits per heavy atom. The van der Waals surface area contributed by atoms with Gasteiger partial charge in [0.05, 0.1) is 13.2 Å². The summed E-state index contributed by atoms with van der Waals surface area (Å²) in [4.78, 5) is 33.7. The highest BCUT2D eigenvalue weighted by Crippen LogP contribution is 2.34. The predicted octanol–water partition coefficient (Wildman–Crippen LogP) is 3.03. The number of hydrogen-bond donors (Lipinski definition) is 1. The van der Waals surface area contributed by atoms with E-state index in [1.54, 1.807) is 0 Å². The van der Waals surface area contributed by atoms with Crippen molar-refractivity contribution in [3.05, 3.63) is 35.4 Å². The van der Waals surface area contributed by atoms with E-state index in [1.165, 1.54) is 11.1 Å². The number of morpholine rings is 1. The average molecular weight is 485 g/mol. The van der Waals surface area contributed by atoms with Gasteiger partial charge in [0.15, 0.2) is 0 Å². The van der Waals surface area contributed by atoms with Crippen molar-refractivity contribution < 1.29 is 14.3 Å². The molecule has 3 aliphatic rings. The summed E-state index contributed by atoms with van der Waals surface area (Å²) >= 11 is 0. The van der Waals surface area contributed by atoms with E-state index in [9.17, 15) is 9.59 Å². The van der Waals surface area contributed by atoms with Crippen LogP contribution in [-0.2, 0) is 27.4 Å². The van der Waals surface area contributed by atoms with E-state index >= 15 is 0 Å². The highest BCUT2D eigenvalue weighted by Gasteiger charge is 2.53. The smallest absolute Gasteiger partial charge is 0.246 e. The minimum Gasteiger partial charge on any atom is -0.379 e. The standard InChI is InChI=1S/C28H44N4O3/c1-4-5-12-32-26(33)25(19-22(2)3)29-27(34)28(32)10-13-30(14-11-28)20-23-6-8-24(9-7-23)21-31-15-17-35-18-16-31/h6-9,22,25H,4-5,10-21H2,1-3H3,(H,29,34)/t25-/m0/s1. The molecule has 1 N–H and O–H groups in total. The molecule has 1 atom stereocenters. The number of piperidine rings is 1. The third kappa shape index (κ3) is 6.25. The second-order valence-electron chi connectivity index (χ2n) is 11.0. The summed E-state index contributed by atoms with van der Waals surface area (Å²) in [5.74, 6) is 0.551. The van der Waals surface area contributed by atoms with E-state index in [1.807, 2.05) is 4.90 Å². The number of carbonyl (C=O) groups excluding carboxylic acids is 2. The molecule has 2 amide bonds. The monoisotopic (exact) mass is 484 g/mol. The Balaban J connectivity index is 1.36. The van der Waals surface area contributed by atoms with Crippen molar-refractivity contribution in [1.82, 2.24) is 20.0 Å². The number of rotatable bonds is 9. The van der Waals surface area contributed by atoms with Gasteiger partial charge in [-0.05, 0) is 42.7 Å². The number of carbonyl (C=O) groups is 2. The van der Waals surface area contributed by atoms with Crippen molar-refractivity contribution in [2.75, 3.05) is 45.9 Å². The molecular weight excluding hydrogens is 440 g/mol. The Hall–Kier alpha value is -1.96. The number of ether oxygens (including phenoxy) is 1.